The number of carbonyl (C=O) groups excluding carboxylic acids is 2. The smallest absolute Gasteiger partial charge is 0.234 e. The molecule has 2 aromatic carbocycles. The Morgan fingerprint density at radius 2 is 1.85 bits per heavy atom. The summed E-state index contributed by atoms with van der Waals surface area (Å²) in [6, 6.07) is 16.5. The molecule has 3 aromatic rings. The zero-order chi connectivity index (χ0) is 18.4. The number of ketones is 1. The SMILES string of the molecule is CCOc1ccccc1NC(=O)CSCC(=O)c1cc2ccccc2o1. The van der Waals surface area contributed by atoms with E-state index in [-0.39, 0.29) is 23.2 Å². The summed E-state index contributed by atoms with van der Waals surface area (Å²) in [5, 5.41) is 3.71. The Bertz CT molecular complexity index is 886. The van der Waals surface area contributed by atoms with Gasteiger partial charge in [0.25, 0.3) is 0 Å². The van der Waals surface area contributed by atoms with Gasteiger partial charge in [-0.3, -0.25) is 9.59 Å². The van der Waals surface area contributed by atoms with Gasteiger partial charge in [-0.2, -0.15) is 0 Å². The molecule has 134 valence electrons. The van der Waals surface area contributed by atoms with Crippen molar-refractivity contribution >= 4 is 40.1 Å². The number of furan rings is 1. The van der Waals surface area contributed by atoms with Crippen LogP contribution in [0.5, 0.6) is 5.75 Å². The highest BCUT2D eigenvalue weighted by Crippen LogP contribution is 2.24. The first-order valence-corrected chi connectivity index (χ1v) is 9.44. The average molecular weight is 369 g/mol. The van der Waals surface area contributed by atoms with Crippen LogP contribution in [0.4, 0.5) is 5.69 Å². The van der Waals surface area contributed by atoms with Crippen molar-refractivity contribution in [3.05, 3.63) is 60.4 Å². The summed E-state index contributed by atoms with van der Waals surface area (Å²) in [5.41, 5.74) is 1.31. The average Bonchev–Trinajstić information content (AvgIpc) is 3.08. The van der Waals surface area contributed by atoms with Gasteiger partial charge in [0.1, 0.15) is 11.3 Å². The molecule has 0 unspecified atom stereocenters. The van der Waals surface area contributed by atoms with E-state index in [2.05, 4.69) is 5.32 Å². The van der Waals surface area contributed by atoms with E-state index >= 15 is 0 Å². The Labute approximate surface area is 155 Å². The summed E-state index contributed by atoms with van der Waals surface area (Å²) in [7, 11) is 0. The van der Waals surface area contributed by atoms with E-state index in [0.717, 1.165) is 5.39 Å². The Balaban J connectivity index is 1.51. The lowest BCUT2D eigenvalue weighted by atomic mass is 10.2. The van der Waals surface area contributed by atoms with Crippen LogP contribution in [0.2, 0.25) is 0 Å². The van der Waals surface area contributed by atoms with Gasteiger partial charge in [0.05, 0.1) is 23.8 Å². The number of hydrogen-bond donors (Lipinski definition) is 1. The van der Waals surface area contributed by atoms with Crippen molar-refractivity contribution < 1.29 is 18.7 Å². The highest BCUT2D eigenvalue weighted by molar-refractivity contribution is 8.00. The third kappa shape index (κ3) is 4.46. The number of nitrogens with one attached hydrogen (secondary N) is 1. The molecule has 1 N–H and O–H groups in total. The number of rotatable bonds is 8. The first-order chi connectivity index (χ1) is 12.7. The molecule has 6 heteroatoms. The standard InChI is InChI=1S/C20H19NO4S/c1-2-24-18-10-6-4-8-15(18)21-20(23)13-26-12-16(22)19-11-14-7-3-5-9-17(14)25-19/h3-11H,2,12-13H2,1H3,(H,21,23). The Hall–Kier alpha value is -2.73. The fourth-order valence-electron chi connectivity index (χ4n) is 2.46. The minimum atomic E-state index is -0.181. The number of ether oxygens (including phenoxy) is 1. The van der Waals surface area contributed by atoms with E-state index in [4.69, 9.17) is 9.15 Å². The van der Waals surface area contributed by atoms with Gasteiger partial charge < -0.3 is 14.5 Å². The summed E-state index contributed by atoms with van der Waals surface area (Å²) < 4.78 is 11.0. The molecule has 0 saturated carbocycles. The topological polar surface area (TPSA) is 68.5 Å². The zero-order valence-electron chi connectivity index (χ0n) is 14.4. The van der Waals surface area contributed by atoms with Crippen LogP contribution in [0.25, 0.3) is 11.0 Å². The van der Waals surface area contributed by atoms with Gasteiger partial charge in [-0.05, 0) is 31.2 Å². The van der Waals surface area contributed by atoms with E-state index < -0.39 is 0 Å². The summed E-state index contributed by atoms with van der Waals surface area (Å²) in [4.78, 5) is 24.3. The molecule has 1 heterocycles. The quantitative estimate of drug-likeness (QED) is 0.597. The lowest BCUT2D eigenvalue weighted by Crippen LogP contribution is -2.16. The van der Waals surface area contributed by atoms with Gasteiger partial charge in [-0.1, -0.05) is 30.3 Å². The predicted octanol–water partition coefficient (Wildman–Crippen LogP) is 4.39. The minimum Gasteiger partial charge on any atom is -0.492 e. The molecule has 0 bridgehead atoms. The van der Waals surface area contributed by atoms with Gasteiger partial charge in [0.2, 0.25) is 11.7 Å². The highest BCUT2D eigenvalue weighted by Gasteiger charge is 2.14. The third-order valence-electron chi connectivity index (χ3n) is 3.63. The van der Waals surface area contributed by atoms with Crippen molar-refractivity contribution in [1.29, 1.82) is 0 Å². The number of Topliss-reactive ketones (excluding diaryl/α,β-unsaturated/α-hetero) is 1. The minimum absolute atomic E-state index is 0.131. The van der Waals surface area contributed by atoms with Crippen LogP contribution in [0.1, 0.15) is 17.5 Å². The van der Waals surface area contributed by atoms with Crippen molar-refractivity contribution in [3.8, 4) is 5.75 Å². The van der Waals surface area contributed by atoms with E-state index in [1.165, 1.54) is 11.8 Å². The molecule has 0 spiro atoms. The predicted molar refractivity (Wildman–Crippen MR) is 104 cm³/mol. The van der Waals surface area contributed by atoms with Gasteiger partial charge in [-0.25, -0.2) is 0 Å². The molecule has 0 saturated heterocycles. The van der Waals surface area contributed by atoms with Crippen LogP contribution in [-0.4, -0.2) is 29.8 Å². The van der Waals surface area contributed by atoms with Crippen molar-refractivity contribution in [2.45, 2.75) is 6.92 Å². The summed E-state index contributed by atoms with van der Waals surface area (Å²) in [5.74, 6) is 0.994. The van der Waals surface area contributed by atoms with Crippen molar-refractivity contribution in [2.24, 2.45) is 0 Å². The van der Waals surface area contributed by atoms with Crippen molar-refractivity contribution in [2.75, 3.05) is 23.4 Å². The summed E-state index contributed by atoms with van der Waals surface area (Å²) in [6.45, 7) is 2.41. The molecule has 26 heavy (non-hydrogen) atoms. The number of fused-ring (bicyclic) bond motifs is 1. The lowest BCUT2D eigenvalue weighted by molar-refractivity contribution is -0.113. The number of hydrogen-bond acceptors (Lipinski definition) is 5. The Kier molecular flexibility index (Phi) is 5.96. The second-order valence-corrected chi connectivity index (χ2v) is 6.53. The van der Waals surface area contributed by atoms with Gasteiger partial charge in [-0.15, -0.1) is 11.8 Å². The van der Waals surface area contributed by atoms with E-state index in [9.17, 15) is 9.59 Å². The second-order valence-electron chi connectivity index (χ2n) is 5.54. The van der Waals surface area contributed by atoms with Gasteiger partial charge in [0.15, 0.2) is 5.76 Å². The number of amides is 1. The highest BCUT2D eigenvalue weighted by atomic mass is 32.2. The number of thioether (sulfide) groups is 1. The fourth-order valence-corrected chi connectivity index (χ4v) is 3.15. The number of anilines is 1. The molecule has 1 amide bonds. The largest absolute Gasteiger partial charge is 0.492 e. The maximum absolute atomic E-state index is 12.2. The first kappa shape index (κ1) is 18.1. The van der Waals surface area contributed by atoms with Crippen LogP contribution >= 0.6 is 11.8 Å². The molecular formula is C20H19NO4S. The van der Waals surface area contributed by atoms with Gasteiger partial charge in [0, 0.05) is 5.39 Å². The first-order valence-electron chi connectivity index (χ1n) is 8.28. The Morgan fingerprint density at radius 1 is 1.08 bits per heavy atom. The van der Waals surface area contributed by atoms with Crippen molar-refractivity contribution in [3.63, 3.8) is 0 Å². The van der Waals surface area contributed by atoms with E-state index in [1.54, 1.807) is 18.2 Å². The molecular weight excluding hydrogens is 350 g/mol. The van der Waals surface area contributed by atoms with E-state index in [1.807, 2.05) is 43.3 Å². The lowest BCUT2D eigenvalue weighted by Gasteiger charge is -2.10. The molecule has 0 aliphatic rings. The zero-order valence-corrected chi connectivity index (χ0v) is 15.2. The van der Waals surface area contributed by atoms with Crippen LogP contribution in [-0.2, 0) is 4.79 Å². The summed E-state index contributed by atoms with van der Waals surface area (Å²) >= 11 is 1.25. The molecule has 0 fully saturated rings. The van der Waals surface area contributed by atoms with E-state index in [0.29, 0.717) is 29.4 Å². The van der Waals surface area contributed by atoms with Crippen LogP contribution in [0, 0.1) is 0 Å². The van der Waals surface area contributed by atoms with Crippen LogP contribution in [0.15, 0.2) is 59.0 Å². The normalized spacial score (nSPS) is 10.7. The molecule has 1 aromatic heterocycles. The molecule has 0 aliphatic carbocycles. The summed E-state index contributed by atoms with van der Waals surface area (Å²) in [6.07, 6.45) is 0. The third-order valence-corrected chi connectivity index (χ3v) is 4.56. The van der Waals surface area contributed by atoms with Crippen molar-refractivity contribution in [1.82, 2.24) is 0 Å². The second kappa shape index (κ2) is 8.58. The number of para-hydroxylation sites is 3. The maximum atomic E-state index is 12.2. The van der Waals surface area contributed by atoms with Gasteiger partial charge >= 0.3 is 0 Å². The molecule has 3 rings (SSSR count). The maximum Gasteiger partial charge on any atom is 0.234 e. The molecule has 0 radical (unpaired) electrons. The molecule has 0 atom stereocenters. The van der Waals surface area contributed by atoms with Crippen LogP contribution in [0.3, 0.4) is 0 Å². The molecule has 0 aliphatic heterocycles. The number of benzene rings is 2. The monoisotopic (exact) mass is 369 g/mol. The fraction of sp³-hybridized carbons (Fsp3) is 0.200. The van der Waals surface area contributed by atoms with Crippen LogP contribution < -0.4 is 10.1 Å². The Morgan fingerprint density at radius 3 is 2.65 bits per heavy atom. The molecule has 5 nitrogen and oxygen atoms in total. The number of carbonyl (C=O) groups is 2.